The van der Waals surface area contributed by atoms with Gasteiger partial charge < -0.3 is 10.5 Å². The van der Waals surface area contributed by atoms with Crippen molar-refractivity contribution in [2.24, 2.45) is 5.73 Å². The molecule has 1 aromatic rings. The van der Waals surface area contributed by atoms with E-state index in [4.69, 9.17) is 10.5 Å². The standard InChI is InChI=1S/C12H17NO/c1-10-5-6-11(2)12(9-10)14-8-4-3-7-13/h3-6,9H,7-8,13H2,1-2H3. The Kier molecular flexibility index (Phi) is 4.20. The summed E-state index contributed by atoms with van der Waals surface area (Å²) < 4.78 is 5.58. The molecule has 1 aromatic carbocycles. The minimum atomic E-state index is 0.566. The molecule has 2 nitrogen and oxygen atoms in total. The maximum atomic E-state index is 5.58. The zero-order valence-electron chi connectivity index (χ0n) is 8.79. The van der Waals surface area contributed by atoms with Crippen LogP contribution in [0.4, 0.5) is 0 Å². The summed E-state index contributed by atoms with van der Waals surface area (Å²) in [7, 11) is 0. The summed E-state index contributed by atoms with van der Waals surface area (Å²) in [5.74, 6) is 0.951. The summed E-state index contributed by atoms with van der Waals surface area (Å²) in [6, 6.07) is 6.20. The van der Waals surface area contributed by atoms with E-state index in [1.54, 1.807) is 0 Å². The van der Waals surface area contributed by atoms with Crippen LogP contribution in [0.25, 0.3) is 0 Å². The monoisotopic (exact) mass is 191 g/mol. The molecule has 0 heterocycles. The number of hydrogen-bond donors (Lipinski definition) is 1. The Bertz CT molecular complexity index is 318. The molecule has 0 bridgehead atoms. The van der Waals surface area contributed by atoms with E-state index in [1.807, 2.05) is 25.1 Å². The van der Waals surface area contributed by atoms with Crippen molar-refractivity contribution in [2.75, 3.05) is 13.2 Å². The highest BCUT2D eigenvalue weighted by Gasteiger charge is 1.97. The van der Waals surface area contributed by atoms with Crippen molar-refractivity contribution in [1.29, 1.82) is 0 Å². The highest BCUT2D eigenvalue weighted by Crippen LogP contribution is 2.18. The molecular formula is C12H17NO. The second-order valence-corrected chi connectivity index (χ2v) is 3.29. The third-order valence-electron chi connectivity index (χ3n) is 1.98. The SMILES string of the molecule is Cc1ccc(C)c(OCC=CCN)c1. The molecule has 76 valence electrons. The Morgan fingerprint density at radius 3 is 2.79 bits per heavy atom. The van der Waals surface area contributed by atoms with Crippen molar-refractivity contribution in [3.8, 4) is 5.75 Å². The van der Waals surface area contributed by atoms with E-state index in [9.17, 15) is 0 Å². The largest absolute Gasteiger partial charge is 0.489 e. The Morgan fingerprint density at radius 2 is 2.07 bits per heavy atom. The zero-order valence-corrected chi connectivity index (χ0v) is 8.79. The van der Waals surface area contributed by atoms with Crippen molar-refractivity contribution in [2.45, 2.75) is 13.8 Å². The van der Waals surface area contributed by atoms with E-state index in [2.05, 4.69) is 19.1 Å². The van der Waals surface area contributed by atoms with Gasteiger partial charge in [0, 0.05) is 6.54 Å². The van der Waals surface area contributed by atoms with Crippen LogP contribution in [-0.4, -0.2) is 13.2 Å². The van der Waals surface area contributed by atoms with Gasteiger partial charge in [0.1, 0.15) is 12.4 Å². The van der Waals surface area contributed by atoms with E-state index in [1.165, 1.54) is 5.56 Å². The van der Waals surface area contributed by atoms with Gasteiger partial charge in [-0.2, -0.15) is 0 Å². The lowest BCUT2D eigenvalue weighted by molar-refractivity contribution is 0.360. The van der Waals surface area contributed by atoms with E-state index < -0.39 is 0 Å². The topological polar surface area (TPSA) is 35.2 Å². The quantitative estimate of drug-likeness (QED) is 0.740. The predicted molar refractivity (Wildman–Crippen MR) is 59.6 cm³/mol. The Morgan fingerprint density at radius 1 is 1.29 bits per heavy atom. The third kappa shape index (κ3) is 3.23. The number of rotatable bonds is 4. The van der Waals surface area contributed by atoms with Crippen molar-refractivity contribution >= 4 is 0 Å². The third-order valence-corrected chi connectivity index (χ3v) is 1.98. The molecule has 14 heavy (non-hydrogen) atoms. The van der Waals surface area contributed by atoms with Crippen molar-refractivity contribution in [1.82, 2.24) is 0 Å². The van der Waals surface area contributed by atoms with Crippen molar-refractivity contribution in [3.05, 3.63) is 41.5 Å². The van der Waals surface area contributed by atoms with Crippen LogP contribution in [0, 0.1) is 13.8 Å². The molecule has 0 amide bonds. The molecule has 0 spiro atoms. The summed E-state index contributed by atoms with van der Waals surface area (Å²) in [5.41, 5.74) is 7.70. The summed E-state index contributed by atoms with van der Waals surface area (Å²) in [5, 5.41) is 0. The predicted octanol–water partition coefficient (Wildman–Crippen LogP) is 2.20. The van der Waals surface area contributed by atoms with Crippen molar-refractivity contribution in [3.63, 3.8) is 0 Å². The normalized spacial score (nSPS) is 10.8. The molecule has 0 aliphatic carbocycles. The van der Waals surface area contributed by atoms with Crippen LogP contribution in [0.3, 0.4) is 0 Å². The minimum absolute atomic E-state index is 0.566. The first-order valence-corrected chi connectivity index (χ1v) is 4.79. The number of hydrogen-bond acceptors (Lipinski definition) is 2. The summed E-state index contributed by atoms with van der Waals surface area (Å²) in [4.78, 5) is 0. The molecule has 0 aliphatic rings. The molecule has 0 atom stereocenters. The van der Waals surface area contributed by atoms with E-state index in [-0.39, 0.29) is 0 Å². The Labute approximate surface area is 85.4 Å². The maximum absolute atomic E-state index is 5.58. The van der Waals surface area contributed by atoms with Gasteiger partial charge in [-0.15, -0.1) is 0 Å². The number of benzene rings is 1. The molecule has 0 radical (unpaired) electrons. The van der Waals surface area contributed by atoms with Crippen LogP contribution in [0.1, 0.15) is 11.1 Å². The lowest BCUT2D eigenvalue weighted by atomic mass is 10.1. The first-order valence-electron chi connectivity index (χ1n) is 4.79. The Hall–Kier alpha value is -1.28. The van der Waals surface area contributed by atoms with Crippen LogP contribution in [-0.2, 0) is 0 Å². The van der Waals surface area contributed by atoms with Crippen LogP contribution in [0.2, 0.25) is 0 Å². The van der Waals surface area contributed by atoms with E-state index in [0.717, 1.165) is 11.3 Å². The second kappa shape index (κ2) is 5.45. The van der Waals surface area contributed by atoms with Gasteiger partial charge in [-0.25, -0.2) is 0 Å². The molecule has 0 saturated heterocycles. The van der Waals surface area contributed by atoms with E-state index >= 15 is 0 Å². The summed E-state index contributed by atoms with van der Waals surface area (Å²) in [6.45, 7) is 5.25. The molecule has 2 heteroatoms. The lowest BCUT2D eigenvalue weighted by Crippen LogP contribution is -1.98. The fourth-order valence-corrected chi connectivity index (χ4v) is 1.16. The van der Waals surface area contributed by atoms with Gasteiger partial charge in [0.15, 0.2) is 0 Å². The average molecular weight is 191 g/mol. The fraction of sp³-hybridized carbons (Fsp3) is 0.333. The van der Waals surface area contributed by atoms with Gasteiger partial charge in [0.25, 0.3) is 0 Å². The Balaban J connectivity index is 2.57. The average Bonchev–Trinajstić information content (AvgIpc) is 2.18. The minimum Gasteiger partial charge on any atom is -0.489 e. The zero-order chi connectivity index (χ0) is 10.4. The summed E-state index contributed by atoms with van der Waals surface area (Å²) in [6.07, 6.45) is 3.83. The molecule has 0 aliphatic heterocycles. The molecular weight excluding hydrogens is 174 g/mol. The van der Waals surface area contributed by atoms with Gasteiger partial charge in [-0.05, 0) is 31.0 Å². The van der Waals surface area contributed by atoms with Gasteiger partial charge >= 0.3 is 0 Å². The lowest BCUT2D eigenvalue weighted by Gasteiger charge is -2.07. The number of nitrogens with two attached hydrogens (primary N) is 1. The van der Waals surface area contributed by atoms with Gasteiger partial charge in [-0.3, -0.25) is 0 Å². The highest BCUT2D eigenvalue weighted by atomic mass is 16.5. The second-order valence-electron chi connectivity index (χ2n) is 3.29. The first-order chi connectivity index (χ1) is 6.74. The smallest absolute Gasteiger partial charge is 0.122 e. The number of ether oxygens (including phenoxy) is 1. The van der Waals surface area contributed by atoms with Gasteiger partial charge in [-0.1, -0.05) is 24.3 Å². The van der Waals surface area contributed by atoms with Crippen LogP contribution >= 0.6 is 0 Å². The molecule has 0 unspecified atom stereocenters. The maximum Gasteiger partial charge on any atom is 0.122 e. The highest BCUT2D eigenvalue weighted by molar-refractivity contribution is 5.36. The fourth-order valence-electron chi connectivity index (χ4n) is 1.16. The first kappa shape index (κ1) is 10.8. The van der Waals surface area contributed by atoms with E-state index in [0.29, 0.717) is 13.2 Å². The molecule has 1 rings (SSSR count). The van der Waals surface area contributed by atoms with Gasteiger partial charge in [0.05, 0.1) is 0 Å². The van der Waals surface area contributed by atoms with Crippen LogP contribution < -0.4 is 10.5 Å². The number of aryl methyl sites for hydroxylation is 2. The molecule has 2 N–H and O–H groups in total. The molecule has 0 saturated carbocycles. The van der Waals surface area contributed by atoms with Crippen LogP contribution in [0.15, 0.2) is 30.4 Å². The molecule has 0 aromatic heterocycles. The van der Waals surface area contributed by atoms with Crippen molar-refractivity contribution < 1.29 is 4.74 Å². The molecule has 0 fully saturated rings. The van der Waals surface area contributed by atoms with Crippen LogP contribution in [0.5, 0.6) is 5.75 Å². The summed E-state index contributed by atoms with van der Waals surface area (Å²) >= 11 is 0. The van der Waals surface area contributed by atoms with Gasteiger partial charge in [0.2, 0.25) is 0 Å².